The van der Waals surface area contributed by atoms with Crippen molar-refractivity contribution >= 4 is 12.0 Å². The van der Waals surface area contributed by atoms with Gasteiger partial charge in [0.15, 0.2) is 0 Å². The summed E-state index contributed by atoms with van der Waals surface area (Å²) in [6.07, 6.45) is 6.26. The van der Waals surface area contributed by atoms with E-state index < -0.39 is 11.4 Å². The van der Waals surface area contributed by atoms with Crippen LogP contribution in [-0.2, 0) is 4.79 Å². The fourth-order valence-electron chi connectivity index (χ4n) is 2.27. The number of terminal acetylenes is 1. The zero-order valence-corrected chi connectivity index (χ0v) is 11.0. The molecule has 2 amide bonds. The third-order valence-electron chi connectivity index (χ3n) is 3.69. The van der Waals surface area contributed by atoms with Crippen LogP contribution in [0, 0.1) is 17.8 Å². The molecule has 0 aliphatic carbocycles. The molecule has 100 valence electrons. The minimum Gasteiger partial charge on any atom is -0.481 e. The topological polar surface area (TPSA) is 60.9 Å². The number of carboxylic acids is 1. The lowest BCUT2D eigenvalue weighted by Gasteiger charge is -2.27. The standard InChI is InChI=1S/C13H20N2O3/c1-4-8-14(6-3)12(18)15-9-7-13(5-2,10-15)11(16)17/h1H,5-10H2,2-3H3,(H,16,17). The van der Waals surface area contributed by atoms with Crippen LogP contribution < -0.4 is 0 Å². The molecule has 0 aromatic heterocycles. The van der Waals surface area contributed by atoms with Crippen molar-refractivity contribution in [3.05, 3.63) is 0 Å². The zero-order valence-electron chi connectivity index (χ0n) is 11.0. The number of carboxylic acid groups (broad SMARTS) is 1. The van der Waals surface area contributed by atoms with Crippen molar-refractivity contribution in [2.75, 3.05) is 26.2 Å². The summed E-state index contributed by atoms with van der Waals surface area (Å²) < 4.78 is 0. The van der Waals surface area contributed by atoms with Crippen LogP contribution in [0.1, 0.15) is 26.7 Å². The Morgan fingerprint density at radius 1 is 1.50 bits per heavy atom. The number of amides is 2. The number of likely N-dealkylation sites (tertiary alicyclic amines) is 1. The molecule has 1 rings (SSSR count). The average molecular weight is 252 g/mol. The van der Waals surface area contributed by atoms with Crippen molar-refractivity contribution in [2.45, 2.75) is 26.7 Å². The summed E-state index contributed by atoms with van der Waals surface area (Å²) in [5.41, 5.74) is -0.786. The molecule has 1 aliphatic rings. The molecule has 0 aromatic rings. The van der Waals surface area contributed by atoms with E-state index in [2.05, 4.69) is 5.92 Å². The predicted octanol–water partition coefficient (Wildman–Crippen LogP) is 1.25. The lowest BCUT2D eigenvalue weighted by Crippen LogP contribution is -2.44. The Hall–Kier alpha value is -1.70. The monoisotopic (exact) mass is 252 g/mol. The van der Waals surface area contributed by atoms with Gasteiger partial charge in [-0.2, -0.15) is 0 Å². The molecule has 1 aliphatic heterocycles. The van der Waals surface area contributed by atoms with Gasteiger partial charge in [-0.15, -0.1) is 6.42 Å². The highest BCUT2D eigenvalue weighted by Crippen LogP contribution is 2.34. The number of carbonyl (C=O) groups excluding carboxylic acids is 1. The van der Waals surface area contributed by atoms with E-state index in [1.54, 1.807) is 9.80 Å². The largest absolute Gasteiger partial charge is 0.481 e. The van der Waals surface area contributed by atoms with Gasteiger partial charge in [-0.1, -0.05) is 12.8 Å². The smallest absolute Gasteiger partial charge is 0.320 e. The van der Waals surface area contributed by atoms with Crippen molar-refractivity contribution < 1.29 is 14.7 Å². The van der Waals surface area contributed by atoms with Crippen molar-refractivity contribution in [2.24, 2.45) is 5.41 Å². The van der Waals surface area contributed by atoms with Crippen LogP contribution in [0.15, 0.2) is 0 Å². The Balaban J connectivity index is 2.74. The van der Waals surface area contributed by atoms with Gasteiger partial charge in [0, 0.05) is 19.6 Å². The van der Waals surface area contributed by atoms with Crippen LogP contribution >= 0.6 is 0 Å². The van der Waals surface area contributed by atoms with Gasteiger partial charge >= 0.3 is 12.0 Å². The first-order chi connectivity index (χ1) is 8.50. The molecule has 0 radical (unpaired) electrons. The Kier molecular flexibility index (Phi) is 4.60. The average Bonchev–Trinajstić information content (AvgIpc) is 2.81. The SMILES string of the molecule is C#CCN(CC)C(=O)N1CCC(CC)(C(=O)O)C1. The Morgan fingerprint density at radius 3 is 2.56 bits per heavy atom. The predicted molar refractivity (Wildman–Crippen MR) is 68.0 cm³/mol. The molecular formula is C13H20N2O3. The zero-order chi connectivity index (χ0) is 13.8. The normalized spacial score (nSPS) is 22.6. The molecule has 1 N–H and O–H groups in total. The Morgan fingerprint density at radius 2 is 2.17 bits per heavy atom. The van der Waals surface area contributed by atoms with Crippen molar-refractivity contribution in [3.63, 3.8) is 0 Å². The molecule has 0 saturated carbocycles. The van der Waals surface area contributed by atoms with Crippen LogP contribution in [0.2, 0.25) is 0 Å². The molecule has 1 fully saturated rings. The van der Waals surface area contributed by atoms with Crippen molar-refractivity contribution in [1.82, 2.24) is 9.80 Å². The Bertz CT molecular complexity index is 375. The van der Waals surface area contributed by atoms with E-state index in [-0.39, 0.29) is 19.1 Å². The summed E-state index contributed by atoms with van der Waals surface area (Å²) in [5.74, 6) is 1.62. The molecule has 5 nitrogen and oxygen atoms in total. The summed E-state index contributed by atoms with van der Waals surface area (Å²) in [6, 6.07) is -0.160. The third kappa shape index (κ3) is 2.58. The van der Waals surface area contributed by atoms with Gasteiger partial charge in [0.05, 0.1) is 12.0 Å². The van der Waals surface area contributed by atoms with Gasteiger partial charge in [0.1, 0.15) is 0 Å². The molecule has 18 heavy (non-hydrogen) atoms. The van der Waals surface area contributed by atoms with E-state index in [0.29, 0.717) is 25.9 Å². The van der Waals surface area contributed by atoms with Gasteiger partial charge in [-0.05, 0) is 19.8 Å². The highest BCUT2D eigenvalue weighted by molar-refractivity contribution is 5.80. The van der Waals surface area contributed by atoms with Gasteiger partial charge in [0.2, 0.25) is 0 Å². The molecule has 0 aromatic carbocycles. The summed E-state index contributed by atoms with van der Waals surface area (Å²) in [6.45, 7) is 5.26. The van der Waals surface area contributed by atoms with Gasteiger partial charge in [-0.3, -0.25) is 4.79 Å². The maximum absolute atomic E-state index is 12.2. The lowest BCUT2D eigenvalue weighted by molar-refractivity contribution is -0.148. The minimum absolute atomic E-state index is 0.160. The second kappa shape index (κ2) is 5.76. The van der Waals surface area contributed by atoms with E-state index >= 15 is 0 Å². The van der Waals surface area contributed by atoms with Crippen molar-refractivity contribution in [1.29, 1.82) is 0 Å². The number of hydrogen-bond acceptors (Lipinski definition) is 2. The first-order valence-electron chi connectivity index (χ1n) is 6.21. The second-order valence-electron chi connectivity index (χ2n) is 4.61. The maximum Gasteiger partial charge on any atom is 0.320 e. The number of hydrogen-bond donors (Lipinski definition) is 1. The molecule has 0 bridgehead atoms. The molecule has 1 heterocycles. The van der Waals surface area contributed by atoms with Gasteiger partial charge in [-0.25, -0.2) is 4.79 Å². The van der Waals surface area contributed by atoms with Crippen LogP contribution in [-0.4, -0.2) is 53.1 Å². The van der Waals surface area contributed by atoms with Gasteiger partial charge in [0.25, 0.3) is 0 Å². The number of nitrogens with zero attached hydrogens (tertiary/aromatic N) is 2. The summed E-state index contributed by atoms with van der Waals surface area (Å²) in [7, 11) is 0. The van der Waals surface area contributed by atoms with Crippen molar-refractivity contribution in [3.8, 4) is 12.3 Å². The number of urea groups is 1. The number of rotatable bonds is 4. The molecule has 1 saturated heterocycles. The minimum atomic E-state index is -0.819. The highest BCUT2D eigenvalue weighted by Gasteiger charge is 2.45. The number of carbonyl (C=O) groups is 2. The van der Waals surface area contributed by atoms with E-state index in [9.17, 15) is 14.7 Å². The van der Waals surface area contributed by atoms with Crippen LogP contribution in [0.4, 0.5) is 4.79 Å². The molecule has 1 unspecified atom stereocenters. The quantitative estimate of drug-likeness (QED) is 0.766. The van der Waals surface area contributed by atoms with Crippen LogP contribution in [0.5, 0.6) is 0 Å². The molecular weight excluding hydrogens is 232 g/mol. The van der Waals surface area contributed by atoms with E-state index in [1.165, 1.54) is 0 Å². The molecule has 0 spiro atoms. The lowest BCUT2D eigenvalue weighted by atomic mass is 9.84. The third-order valence-corrected chi connectivity index (χ3v) is 3.69. The highest BCUT2D eigenvalue weighted by atomic mass is 16.4. The van der Waals surface area contributed by atoms with Crippen LogP contribution in [0.3, 0.4) is 0 Å². The fraction of sp³-hybridized carbons (Fsp3) is 0.692. The van der Waals surface area contributed by atoms with E-state index in [0.717, 1.165) is 0 Å². The maximum atomic E-state index is 12.2. The Labute approximate surface area is 108 Å². The van der Waals surface area contributed by atoms with Gasteiger partial charge < -0.3 is 14.9 Å². The summed E-state index contributed by atoms with van der Waals surface area (Å²) >= 11 is 0. The molecule has 5 heteroatoms. The van der Waals surface area contributed by atoms with E-state index in [4.69, 9.17) is 6.42 Å². The first-order valence-corrected chi connectivity index (χ1v) is 6.21. The van der Waals surface area contributed by atoms with E-state index in [1.807, 2.05) is 13.8 Å². The first kappa shape index (κ1) is 14.4. The summed E-state index contributed by atoms with van der Waals surface area (Å²) in [4.78, 5) is 26.6. The fourth-order valence-corrected chi connectivity index (χ4v) is 2.27. The second-order valence-corrected chi connectivity index (χ2v) is 4.61. The summed E-state index contributed by atoms with van der Waals surface area (Å²) in [5, 5.41) is 9.28. The molecule has 1 atom stereocenters. The van der Waals surface area contributed by atoms with Crippen LogP contribution in [0.25, 0.3) is 0 Å². The number of aliphatic carboxylic acids is 1.